The Morgan fingerprint density at radius 2 is 1.66 bits per heavy atom. The summed E-state index contributed by atoms with van der Waals surface area (Å²) in [5.41, 5.74) is 3.33. The van der Waals surface area contributed by atoms with Gasteiger partial charge >= 0.3 is 0 Å². The molecule has 2 aromatic carbocycles. The number of benzene rings is 2. The second-order valence-electron chi connectivity index (χ2n) is 7.79. The summed E-state index contributed by atoms with van der Waals surface area (Å²) in [6, 6.07) is 21.7. The van der Waals surface area contributed by atoms with E-state index in [-0.39, 0.29) is 17.8 Å². The second-order valence-corrected chi connectivity index (χ2v) is 9.62. The smallest absolute Gasteiger partial charge is 0.249 e. The summed E-state index contributed by atoms with van der Waals surface area (Å²) in [6.45, 7) is 0. The molecule has 8 nitrogen and oxygen atoms in total. The number of hydrogen-bond acceptors (Lipinski definition) is 5. The maximum atomic E-state index is 12.5. The lowest BCUT2D eigenvalue weighted by atomic mass is 10.1. The summed E-state index contributed by atoms with van der Waals surface area (Å²) in [6.07, 6.45) is 3.00. The van der Waals surface area contributed by atoms with Crippen LogP contribution in [0.4, 0.5) is 17.3 Å². The molecule has 0 atom stereocenters. The number of para-hydroxylation sites is 1. The number of rotatable bonds is 6. The molecule has 1 fully saturated rings. The van der Waals surface area contributed by atoms with Crippen LogP contribution in [-0.2, 0) is 14.8 Å². The van der Waals surface area contributed by atoms with Crippen LogP contribution < -0.4 is 9.62 Å². The van der Waals surface area contributed by atoms with Gasteiger partial charge in [-0.1, -0.05) is 36.4 Å². The van der Waals surface area contributed by atoms with Crippen molar-refractivity contribution in [3.63, 3.8) is 0 Å². The first-order chi connectivity index (χ1) is 15.4. The highest BCUT2D eigenvalue weighted by Gasteiger charge is 2.30. The number of aromatic nitrogens is 3. The van der Waals surface area contributed by atoms with Gasteiger partial charge in [0.2, 0.25) is 21.9 Å². The molecule has 0 saturated heterocycles. The first-order valence-electron chi connectivity index (χ1n) is 10.2. The number of carbonyl (C=O) groups excluding carboxylic acids is 1. The number of nitrogens with one attached hydrogen (secondary N) is 1. The summed E-state index contributed by atoms with van der Waals surface area (Å²) in [5, 5.41) is 7.23. The van der Waals surface area contributed by atoms with Crippen molar-refractivity contribution < 1.29 is 13.2 Å². The quantitative estimate of drug-likeness (QED) is 0.484. The highest BCUT2D eigenvalue weighted by Crippen LogP contribution is 2.31. The zero-order valence-electron chi connectivity index (χ0n) is 17.3. The van der Waals surface area contributed by atoms with Gasteiger partial charge in [0.1, 0.15) is 0 Å². The van der Waals surface area contributed by atoms with E-state index in [1.807, 2.05) is 36.4 Å². The summed E-state index contributed by atoms with van der Waals surface area (Å²) in [7, 11) is -3.53. The van der Waals surface area contributed by atoms with Gasteiger partial charge in [-0.3, -0.25) is 10.1 Å². The Balaban J connectivity index is 1.49. The van der Waals surface area contributed by atoms with E-state index in [4.69, 9.17) is 0 Å². The maximum absolute atomic E-state index is 12.5. The van der Waals surface area contributed by atoms with E-state index >= 15 is 0 Å². The maximum Gasteiger partial charge on any atom is 0.249 e. The van der Waals surface area contributed by atoms with E-state index in [2.05, 4.69) is 15.4 Å². The van der Waals surface area contributed by atoms with E-state index in [0.717, 1.165) is 24.1 Å². The first-order valence-corrected chi connectivity index (χ1v) is 12.1. The molecule has 1 saturated carbocycles. The molecule has 0 unspecified atom stereocenters. The van der Waals surface area contributed by atoms with Crippen LogP contribution in [-0.4, -0.2) is 35.2 Å². The van der Waals surface area contributed by atoms with Crippen molar-refractivity contribution in [2.24, 2.45) is 5.92 Å². The third kappa shape index (κ3) is 3.94. The molecule has 0 radical (unpaired) electrons. The number of pyridine rings is 1. The summed E-state index contributed by atoms with van der Waals surface area (Å²) in [5.74, 6) is 0.294. The Bertz CT molecular complexity index is 1390. The van der Waals surface area contributed by atoms with Crippen molar-refractivity contribution in [2.75, 3.05) is 15.9 Å². The third-order valence-electron chi connectivity index (χ3n) is 5.26. The van der Waals surface area contributed by atoms with Gasteiger partial charge in [-0.05, 0) is 49.2 Å². The molecule has 0 aliphatic heterocycles. The van der Waals surface area contributed by atoms with E-state index in [1.54, 1.807) is 40.9 Å². The molecule has 1 aliphatic carbocycles. The van der Waals surface area contributed by atoms with Gasteiger partial charge < -0.3 is 0 Å². The van der Waals surface area contributed by atoms with Gasteiger partial charge in [0.15, 0.2) is 5.65 Å². The fraction of sp³-hybridized carbons (Fsp3) is 0.174. The molecule has 1 amide bonds. The Labute approximate surface area is 185 Å². The predicted molar refractivity (Wildman–Crippen MR) is 123 cm³/mol. The molecular formula is C23H21N5O3S. The van der Waals surface area contributed by atoms with Crippen LogP contribution in [0, 0.1) is 5.92 Å². The minimum absolute atomic E-state index is 0.0476. The van der Waals surface area contributed by atoms with Gasteiger partial charge in [-0.15, -0.1) is 5.10 Å². The topological polar surface area (TPSA) is 96.7 Å². The normalized spacial score (nSPS) is 13.8. The molecule has 1 N–H and O–H groups in total. The number of amides is 1. The van der Waals surface area contributed by atoms with Crippen LogP contribution >= 0.6 is 0 Å². The summed E-state index contributed by atoms with van der Waals surface area (Å²) >= 11 is 0. The number of fused-ring (bicyclic) bond motifs is 1. The third-order valence-corrected chi connectivity index (χ3v) is 6.35. The van der Waals surface area contributed by atoms with Crippen molar-refractivity contribution >= 4 is 38.9 Å². The van der Waals surface area contributed by atoms with E-state index < -0.39 is 10.0 Å². The molecule has 9 heteroatoms. The molecule has 4 aromatic rings. The van der Waals surface area contributed by atoms with Gasteiger partial charge in [0.25, 0.3) is 0 Å². The van der Waals surface area contributed by atoms with Crippen LogP contribution in [0.25, 0.3) is 16.9 Å². The number of carbonyl (C=O) groups is 1. The monoisotopic (exact) mass is 447 g/mol. The number of anilines is 3. The number of sulfonamides is 1. The van der Waals surface area contributed by atoms with Crippen molar-refractivity contribution in [2.45, 2.75) is 12.8 Å². The van der Waals surface area contributed by atoms with Gasteiger partial charge in [0.05, 0.1) is 23.3 Å². The Kier molecular flexibility index (Phi) is 4.90. The van der Waals surface area contributed by atoms with Crippen molar-refractivity contribution in [1.29, 1.82) is 0 Å². The van der Waals surface area contributed by atoms with E-state index in [0.29, 0.717) is 17.0 Å². The minimum Gasteiger partial charge on any atom is -0.293 e. The standard InChI is InChI=1S/C23H21N5O3S/c1-32(30,31)28(18-6-3-2-4-7-18)19-14-12-16(13-15-19)20-8-5-9-21-24-23(26-27(20)21)25-22(29)17-10-11-17/h2-9,12-15,17H,10-11H2,1H3,(H,25,26,29). The van der Waals surface area contributed by atoms with Crippen LogP contribution in [0.1, 0.15) is 12.8 Å². The van der Waals surface area contributed by atoms with Gasteiger partial charge in [-0.25, -0.2) is 17.2 Å². The summed E-state index contributed by atoms with van der Waals surface area (Å²) < 4.78 is 27.9. The lowest BCUT2D eigenvalue weighted by Gasteiger charge is -2.22. The molecule has 0 spiro atoms. The van der Waals surface area contributed by atoms with E-state index in [9.17, 15) is 13.2 Å². The molecule has 162 valence electrons. The van der Waals surface area contributed by atoms with Crippen molar-refractivity contribution in [3.8, 4) is 11.3 Å². The zero-order valence-corrected chi connectivity index (χ0v) is 18.2. The number of hydrogen-bond donors (Lipinski definition) is 1. The first kappa shape index (κ1) is 20.2. The highest BCUT2D eigenvalue weighted by atomic mass is 32.2. The Hall–Kier alpha value is -3.72. The van der Waals surface area contributed by atoms with Crippen LogP contribution in [0.5, 0.6) is 0 Å². The van der Waals surface area contributed by atoms with E-state index in [1.165, 1.54) is 10.6 Å². The molecule has 32 heavy (non-hydrogen) atoms. The highest BCUT2D eigenvalue weighted by molar-refractivity contribution is 7.92. The predicted octanol–water partition coefficient (Wildman–Crippen LogP) is 3.84. The molecular weight excluding hydrogens is 426 g/mol. The van der Waals surface area contributed by atoms with Crippen LogP contribution in [0.2, 0.25) is 0 Å². The van der Waals surface area contributed by atoms with Crippen LogP contribution in [0.3, 0.4) is 0 Å². The van der Waals surface area contributed by atoms with Gasteiger partial charge in [-0.2, -0.15) is 4.98 Å². The lowest BCUT2D eigenvalue weighted by molar-refractivity contribution is -0.117. The molecule has 5 rings (SSSR count). The fourth-order valence-corrected chi connectivity index (χ4v) is 4.61. The zero-order chi connectivity index (χ0) is 22.3. The average Bonchev–Trinajstić information content (AvgIpc) is 3.54. The SMILES string of the molecule is CS(=O)(=O)N(c1ccccc1)c1ccc(-c2cccc3nc(NC(=O)C4CC4)nn23)cc1. The fourth-order valence-electron chi connectivity index (χ4n) is 3.60. The lowest BCUT2D eigenvalue weighted by Crippen LogP contribution is -2.24. The largest absolute Gasteiger partial charge is 0.293 e. The molecule has 1 aliphatic rings. The second kappa shape index (κ2) is 7.76. The number of nitrogens with zero attached hydrogens (tertiary/aromatic N) is 4. The van der Waals surface area contributed by atoms with Crippen molar-refractivity contribution in [3.05, 3.63) is 72.8 Å². The molecule has 2 aromatic heterocycles. The molecule has 0 bridgehead atoms. The molecule has 2 heterocycles. The van der Waals surface area contributed by atoms with Gasteiger partial charge in [0, 0.05) is 11.5 Å². The average molecular weight is 448 g/mol. The van der Waals surface area contributed by atoms with Crippen molar-refractivity contribution in [1.82, 2.24) is 14.6 Å². The summed E-state index contributed by atoms with van der Waals surface area (Å²) in [4.78, 5) is 16.5. The Morgan fingerprint density at radius 3 is 2.31 bits per heavy atom. The Morgan fingerprint density at radius 1 is 0.969 bits per heavy atom. The van der Waals surface area contributed by atoms with Crippen LogP contribution in [0.15, 0.2) is 72.8 Å². The minimum atomic E-state index is -3.53.